The maximum atomic E-state index is 14.2. The number of nitrogens with zero attached hydrogens (tertiary/aromatic N) is 1. The van der Waals surface area contributed by atoms with E-state index in [1.165, 1.54) is 0 Å². The molecule has 1 saturated heterocycles. The lowest BCUT2D eigenvalue weighted by Crippen LogP contribution is -2.57. The zero-order valence-corrected chi connectivity index (χ0v) is 22.6. The van der Waals surface area contributed by atoms with Crippen molar-refractivity contribution >= 4 is 28.6 Å². The highest BCUT2D eigenvalue weighted by Crippen LogP contribution is 2.46. The number of benzene rings is 3. The van der Waals surface area contributed by atoms with Gasteiger partial charge in [-0.2, -0.15) is 0 Å². The average molecular weight is 549 g/mol. The molecule has 3 aliphatic heterocycles. The molecule has 8 nitrogen and oxygen atoms in total. The van der Waals surface area contributed by atoms with Gasteiger partial charge in [0.25, 0.3) is 5.91 Å². The summed E-state index contributed by atoms with van der Waals surface area (Å²) in [7, 11) is 0. The van der Waals surface area contributed by atoms with Gasteiger partial charge in [-0.3, -0.25) is 14.4 Å². The molecular formula is C33H32N4O4. The van der Waals surface area contributed by atoms with E-state index in [0.29, 0.717) is 31.6 Å². The number of fused-ring (bicyclic) bond motifs is 7. The number of para-hydroxylation sites is 1. The van der Waals surface area contributed by atoms with Gasteiger partial charge in [0, 0.05) is 48.2 Å². The summed E-state index contributed by atoms with van der Waals surface area (Å²) in [5, 5.41) is 7.09. The fourth-order valence-electron chi connectivity index (χ4n) is 6.61. The second kappa shape index (κ2) is 10.5. The molecular weight excluding hydrogens is 516 g/mol. The number of hydrogen-bond donors (Lipinski definition) is 3. The predicted molar refractivity (Wildman–Crippen MR) is 154 cm³/mol. The lowest BCUT2D eigenvalue weighted by atomic mass is 9.89. The highest BCUT2D eigenvalue weighted by Gasteiger charge is 2.49. The smallest absolute Gasteiger partial charge is 0.255 e. The minimum absolute atomic E-state index is 0.00727. The summed E-state index contributed by atoms with van der Waals surface area (Å²) in [6.45, 7) is 1.11. The van der Waals surface area contributed by atoms with Crippen LogP contribution in [0.15, 0.2) is 78.9 Å². The third-order valence-electron chi connectivity index (χ3n) is 8.60. The van der Waals surface area contributed by atoms with Crippen molar-refractivity contribution in [2.75, 3.05) is 13.2 Å². The molecule has 41 heavy (non-hydrogen) atoms. The Hall–Kier alpha value is -4.43. The first kappa shape index (κ1) is 25.5. The van der Waals surface area contributed by atoms with E-state index in [1.807, 2.05) is 72.8 Å². The fourth-order valence-corrected chi connectivity index (χ4v) is 6.61. The number of carbonyl (C=O) groups is 3. The lowest BCUT2D eigenvalue weighted by Gasteiger charge is -2.37. The first-order chi connectivity index (χ1) is 20.1. The average Bonchev–Trinajstić information content (AvgIpc) is 3.73. The molecule has 4 atom stereocenters. The first-order valence-electron chi connectivity index (χ1n) is 14.3. The Kier molecular flexibility index (Phi) is 6.55. The molecule has 0 aliphatic carbocycles. The van der Waals surface area contributed by atoms with Gasteiger partial charge >= 0.3 is 0 Å². The molecule has 208 valence electrons. The van der Waals surface area contributed by atoms with Crippen LogP contribution in [0.25, 0.3) is 10.9 Å². The highest BCUT2D eigenvalue weighted by atomic mass is 16.5. The predicted octanol–water partition coefficient (Wildman–Crippen LogP) is 3.66. The molecule has 0 bridgehead atoms. The Bertz CT molecular complexity index is 1620. The number of aromatic amines is 1. The molecule has 1 aromatic heterocycles. The quantitative estimate of drug-likeness (QED) is 0.328. The number of nitrogens with one attached hydrogen (secondary N) is 3. The van der Waals surface area contributed by atoms with Gasteiger partial charge in [-0.25, -0.2) is 0 Å². The SMILES string of the molecule is O=C(NCC1CCCO1)[C@H](Cc1ccccc1)NC(=O)[C@@H]1Cc2c([nH]c3ccccc23)C2c3ccccc3C(=O)N21. The van der Waals surface area contributed by atoms with Crippen molar-refractivity contribution in [2.45, 2.75) is 49.9 Å². The maximum Gasteiger partial charge on any atom is 0.255 e. The number of hydrogen-bond acceptors (Lipinski definition) is 4. The Morgan fingerprint density at radius 3 is 2.61 bits per heavy atom. The molecule has 0 saturated carbocycles. The van der Waals surface area contributed by atoms with E-state index in [2.05, 4.69) is 21.7 Å². The van der Waals surface area contributed by atoms with Crippen LogP contribution >= 0.6 is 0 Å². The largest absolute Gasteiger partial charge is 0.376 e. The van der Waals surface area contributed by atoms with Crippen molar-refractivity contribution < 1.29 is 19.1 Å². The summed E-state index contributed by atoms with van der Waals surface area (Å²) in [6.07, 6.45) is 2.58. The third kappa shape index (κ3) is 4.58. The van der Waals surface area contributed by atoms with Gasteiger partial charge < -0.3 is 25.3 Å². The molecule has 7 rings (SSSR count). The zero-order chi connectivity index (χ0) is 27.9. The molecule has 3 aromatic carbocycles. The molecule has 0 spiro atoms. The molecule has 2 unspecified atom stereocenters. The Balaban J connectivity index is 1.21. The van der Waals surface area contributed by atoms with Crippen LogP contribution in [-0.4, -0.2) is 58.9 Å². The van der Waals surface area contributed by atoms with Crippen molar-refractivity contribution in [1.82, 2.24) is 20.5 Å². The van der Waals surface area contributed by atoms with Gasteiger partial charge in [-0.15, -0.1) is 0 Å². The van der Waals surface area contributed by atoms with Crippen LogP contribution in [0, 0.1) is 0 Å². The van der Waals surface area contributed by atoms with Gasteiger partial charge in [0.15, 0.2) is 0 Å². The Labute approximate surface area is 238 Å². The van der Waals surface area contributed by atoms with E-state index in [0.717, 1.165) is 46.1 Å². The van der Waals surface area contributed by atoms with E-state index >= 15 is 0 Å². The number of ether oxygens (including phenoxy) is 1. The van der Waals surface area contributed by atoms with E-state index in [-0.39, 0.29) is 23.8 Å². The summed E-state index contributed by atoms with van der Waals surface area (Å²) in [5.41, 5.74) is 5.40. The van der Waals surface area contributed by atoms with Gasteiger partial charge in [0.1, 0.15) is 12.1 Å². The van der Waals surface area contributed by atoms with Crippen molar-refractivity contribution in [1.29, 1.82) is 0 Å². The lowest BCUT2D eigenvalue weighted by molar-refractivity contribution is -0.132. The van der Waals surface area contributed by atoms with Crippen molar-refractivity contribution in [3.05, 3.63) is 107 Å². The van der Waals surface area contributed by atoms with Crippen LogP contribution in [0.5, 0.6) is 0 Å². The second-order valence-corrected chi connectivity index (χ2v) is 11.1. The number of carbonyl (C=O) groups excluding carboxylic acids is 3. The summed E-state index contributed by atoms with van der Waals surface area (Å²) in [5.74, 6) is -0.758. The van der Waals surface area contributed by atoms with Crippen molar-refractivity contribution in [3.63, 3.8) is 0 Å². The van der Waals surface area contributed by atoms with E-state index in [4.69, 9.17) is 4.74 Å². The molecule has 3 amide bonds. The number of aromatic nitrogens is 1. The third-order valence-corrected chi connectivity index (χ3v) is 8.60. The molecule has 8 heteroatoms. The number of H-pyrrole nitrogens is 1. The molecule has 1 fully saturated rings. The van der Waals surface area contributed by atoms with Crippen LogP contribution in [0.1, 0.15) is 51.6 Å². The second-order valence-electron chi connectivity index (χ2n) is 11.1. The van der Waals surface area contributed by atoms with Crippen LogP contribution < -0.4 is 10.6 Å². The number of amides is 3. The summed E-state index contributed by atoms with van der Waals surface area (Å²) in [4.78, 5) is 46.6. The normalized spacial score (nSPS) is 21.7. The van der Waals surface area contributed by atoms with E-state index < -0.39 is 18.1 Å². The van der Waals surface area contributed by atoms with Crippen LogP contribution in [0.2, 0.25) is 0 Å². The molecule has 0 radical (unpaired) electrons. The Morgan fingerprint density at radius 2 is 1.78 bits per heavy atom. The topological polar surface area (TPSA) is 104 Å². The van der Waals surface area contributed by atoms with Crippen LogP contribution in [0.3, 0.4) is 0 Å². The number of rotatable bonds is 7. The van der Waals surface area contributed by atoms with Gasteiger partial charge in [-0.1, -0.05) is 66.7 Å². The summed E-state index contributed by atoms with van der Waals surface area (Å²) in [6, 6.07) is 23.3. The fraction of sp³-hybridized carbons (Fsp3) is 0.303. The molecule has 4 heterocycles. The van der Waals surface area contributed by atoms with Gasteiger partial charge in [0.2, 0.25) is 11.8 Å². The Morgan fingerprint density at radius 1 is 1.00 bits per heavy atom. The molecule has 3 N–H and O–H groups in total. The van der Waals surface area contributed by atoms with Crippen molar-refractivity contribution in [2.24, 2.45) is 0 Å². The minimum atomic E-state index is -0.797. The van der Waals surface area contributed by atoms with Crippen LogP contribution in [0.4, 0.5) is 0 Å². The van der Waals surface area contributed by atoms with Gasteiger partial charge in [-0.05, 0) is 41.7 Å². The zero-order valence-electron chi connectivity index (χ0n) is 22.6. The highest BCUT2D eigenvalue weighted by molar-refractivity contribution is 6.04. The first-order valence-corrected chi connectivity index (χ1v) is 14.3. The standard InChI is InChI=1S/C33H32N4O4/c38-31(34-19-21-11-8-16-41-21)27(17-20-9-2-1-3-10-20)36-32(39)28-18-25-22-12-6-7-15-26(22)35-29(25)30-23-13-4-5-14-24(23)33(40)37(28)30/h1-7,9-10,12-15,21,27-28,30,35H,8,11,16-19H2,(H,34,38)(H,36,39)/t21?,27-,28-,30?/m0/s1. The monoisotopic (exact) mass is 548 g/mol. The summed E-state index contributed by atoms with van der Waals surface area (Å²) < 4.78 is 5.68. The summed E-state index contributed by atoms with van der Waals surface area (Å²) >= 11 is 0. The van der Waals surface area contributed by atoms with Crippen molar-refractivity contribution in [3.8, 4) is 0 Å². The van der Waals surface area contributed by atoms with Gasteiger partial charge in [0.05, 0.1) is 12.1 Å². The molecule has 4 aromatic rings. The maximum absolute atomic E-state index is 14.2. The van der Waals surface area contributed by atoms with E-state index in [9.17, 15) is 14.4 Å². The van der Waals surface area contributed by atoms with E-state index in [1.54, 1.807) is 4.90 Å². The minimum Gasteiger partial charge on any atom is -0.376 e. The molecule has 3 aliphatic rings. The van der Waals surface area contributed by atoms with Crippen LogP contribution in [-0.2, 0) is 27.2 Å².